The number of nitrogens with zero attached hydrogens (tertiary/aromatic N) is 3. The number of fused-ring (bicyclic) bond motifs is 4. The SMILES string of the molecule is Cc1nc(Cn2c3ccccc3c3cc(-c4ccccc4)ccc32)nc2ccccc12. The molecule has 31 heavy (non-hydrogen) atoms. The van der Waals surface area contributed by atoms with Gasteiger partial charge in [-0.3, -0.25) is 0 Å². The second-order valence-corrected chi connectivity index (χ2v) is 7.94. The maximum absolute atomic E-state index is 4.86. The molecule has 0 fully saturated rings. The summed E-state index contributed by atoms with van der Waals surface area (Å²) < 4.78 is 2.34. The van der Waals surface area contributed by atoms with Crippen molar-refractivity contribution < 1.29 is 0 Å². The number of hydrogen-bond donors (Lipinski definition) is 0. The number of para-hydroxylation sites is 2. The monoisotopic (exact) mass is 399 g/mol. The Morgan fingerprint density at radius 3 is 2.19 bits per heavy atom. The van der Waals surface area contributed by atoms with Crippen LogP contribution in [0.15, 0.2) is 97.1 Å². The van der Waals surface area contributed by atoms with Crippen molar-refractivity contribution in [1.29, 1.82) is 0 Å². The minimum absolute atomic E-state index is 0.639. The molecular weight excluding hydrogens is 378 g/mol. The molecule has 3 nitrogen and oxygen atoms in total. The van der Waals surface area contributed by atoms with E-state index in [0.717, 1.165) is 22.4 Å². The molecule has 0 radical (unpaired) electrons. The van der Waals surface area contributed by atoms with Crippen LogP contribution in [0.25, 0.3) is 43.8 Å². The Hall–Kier alpha value is -3.98. The standard InChI is InChI=1S/C28H21N3/c1-19-22-11-5-7-13-25(22)30-28(29-19)18-31-26-14-8-6-12-23(26)24-17-21(15-16-27(24)31)20-9-3-2-4-10-20/h2-17H,18H2,1H3. The van der Waals surface area contributed by atoms with Gasteiger partial charge in [0.1, 0.15) is 5.82 Å². The van der Waals surface area contributed by atoms with Crippen LogP contribution in [0.5, 0.6) is 0 Å². The molecule has 0 amide bonds. The second kappa shape index (κ2) is 7.06. The highest BCUT2D eigenvalue weighted by Gasteiger charge is 2.13. The van der Waals surface area contributed by atoms with Gasteiger partial charge in [-0.1, -0.05) is 72.8 Å². The summed E-state index contributed by atoms with van der Waals surface area (Å²) in [5.41, 5.74) is 6.89. The highest BCUT2D eigenvalue weighted by molar-refractivity contribution is 6.09. The smallest absolute Gasteiger partial charge is 0.148 e. The molecule has 0 saturated heterocycles. The Kier molecular flexibility index (Phi) is 4.07. The van der Waals surface area contributed by atoms with Crippen LogP contribution in [0.1, 0.15) is 11.5 Å². The summed E-state index contributed by atoms with van der Waals surface area (Å²) in [6.07, 6.45) is 0. The lowest BCUT2D eigenvalue weighted by molar-refractivity contribution is 0.796. The molecule has 6 rings (SSSR count). The van der Waals surface area contributed by atoms with Gasteiger partial charge in [0, 0.05) is 32.9 Å². The van der Waals surface area contributed by atoms with Gasteiger partial charge in [0.15, 0.2) is 0 Å². The molecule has 4 aromatic carbocycles. The van der Waals surface area contributed by atoms with Gasteiger partial charge in [0.2, 0.25) is 0 Å². The third-order valence-corrected chi connectivity index (χ3v) is 6.02. The number of aromatic nitrogens is 3. The Bertz CT molecular complexity index is 1560. The van der Waals surface area contributed by atoms with Crippen LogP contribution < -0.4 is 0 Å². The Labute approximate surface area is 180 Å². The lowest BCUT2D eigenvalue weighted by Crippen LogP contribution is -2.05. The first kappa shape index (κ1) is 17.8. The lowest BCUT2D eigenvalue weighted by atomic mass is 10.0. The van der Waals surface area contributed by atoms with Crippen LogP contribution in [-0.2, 0) is 6.54 Å². The van der Waals surface area contributed by atoms with Gasteiger partial charge in [-0.05, 0) is 42.3 Å². The van der Waals surface area contributed by atoms with Crippen LogP contribution in [0.3, 0.4) is 0 Å². The van der Waals surface area contributed by atoms with Crippen LogP contribution in [0.2, 0.25) is 0 Å². The minimum atomic E-state index is 0.639. The molecule has 0 bridgehead atoms. The van der Waals surface area contributed by atoms with Crippen LogP contribution in [0.4, 0.5) is 0 Å². The molecule has 0 atom stereocenters. The van der Waals surface area contributed by atoms with E-state index in [4.69, 9.17) is 9.97 Å². The van der Waals surface area contributed by atoms with Crippen molar-refractivity contribution >= 4 is 32.7 Å². The predicted octanol–water partition coefficient (Wildman–Crippen LogP) is 6.76. The molecule has 0 unspecified atom stereocenters. The molecule has 0 N–H and O–H groups in total. The molecule has 0 saturated carbocycles. The highest BCUT2D eigenvalue weighted by atomic mass is 15.0. The van der Waals surface area contributed by atoms with E-state index in [2.05, 4.69) is 96.4 Å². The molecule has 0 spiro atoms. The van der Waals surface area contributed by atoms with Crippen molar-refractivity contribution in [2.24, 2.45) is 0 Å². The third kappa shape index (κ3) is 2.98. The molecule has 2 aromatic heterocycles. The van der Waals surface area contributed by atoms with Gasteiger partial charge in [0.25, 0.3) is 0 Å². The molecule has 6 aromatic rings. The van der Waals surface area contributed by atoms with Gasteiger partial charge in [-0.15, -0.1) is 0 Å². The van der Waals surface area contributed by atoms with Gasteiger partial charge >= 0.3 is 0 Å². The molecule has 0 aliphatic rings. The first-order chi connectivity index (χ1) is 15.3. The van der Waals surface area contributed by atoms with Crippen molar-refractivity contribution in [3.63, 3.8) is 0 Å². The number of rotatable bonds is 3. The van der Waals surface area contributed by atoms with Gasteiger partial charge in [-0.2, -0.15) is 0 Å². The van der Waals surface area contributed by atoms with Gasteiger partial charge in [-0.25, -0.2) is 9.97 Å². The van der Waals surface area contributed by atoms with E-state index >= 15 is 0 Å². The fourth-order valence-corrected chi connectivity index (χ4v) is 4.54. The molecule has 3 heteroatoms. The van der Waals surface area contributed by atoms with Crippen molar-refractivity contribution in [3.05, 3.63) is 109 Å². The van der Waals surface area contributed by atoms with Gasteiger partial charge < -0.3 is 4.57 Å². The lowest BCUT2D eigenvalue weighted by Gasteiger charge is -2.09. The second-order valence-electron chi connectivity index (χ2n) is 7.94. The fraction of sp³-hybridized carbons (Fsp3) is 0.0714. The summed E-state index contributed by atoms with van der Waals surface area (Å²) in [6, 6.07) is 34.1. The Morgan fingerprint density at radius 1 is 0.613 bits per heavy atom. The van der Waals surface area contributed by atoms with Crippen molar-refractivity contribution in [2.75, 3.05) is 0 Å². The molecule has 148 valence electrons. The molecule has 0 aliphatic carbocycles. The summed E-state index contributed by atoms with van der Waals surface area (Å²) in [6.45, 7) is 2.70. The van der Waals surface area contributed by atoms with Gasteiger partial charge in [0.05, 0.1) is 12.1 Å². The average Bonchev–Trinajstić information content (AvgIpc) is 3.13. The molecule has 0 aliphatic heterocycles. The summed E-state index contributed by atoms with van der Waals surface area (Å²) in [5, 5.41) is 3.63. The van der Waals surface area contributed by atoms with Crippen LogP contribution >= 0.6 is 0 Å². The summed E-state index contributed by atoms with van der Waals surface area (Å²) in [5.74, 6) is 0.839. The zero-order valence-electron chi connectivity index (χ0n) is 17.3. The zero-order chi connectivity index (χ0) is 20.8. The largest absolute Gasteiger partial charge is 0.333 e. The first-order valence-corrected chi connectivity index (χ1v) is 10.6. The number of aryl methyl sites for hydroxylation is 1. The summed E-state index contributed by atoms with van der Waals surface area (Å²) >= 11 is 0. The summed E-state index contributed by atoms with van der Waals surface area (Å²) in [7, 11) is 0. The zero-order valence-corrected chi connectivity index (χ0v) is 17.3. The van der Waals surface area contributed by atoms with E-state index in [1.165, 1.54) is 32.9 Å². The van der Waals surface area contributed by atoms with E-state index in [1.807, 2.05) is 12.1 Å². The maximum Gasteiger partial charge on any atom is 0.148 e. The Morgan fingerprint density at radius 2 is 1.32 bits per heavy atom. The normalized spacial score (nSPS) is 11.5. The van der Waals surface area contributed by atoms with Crippen molar-refractivity contribution in [1.82, 2.24) is 14.5 Å². The third-order valence-electron chi connectivity index (χ3n) is 6.02. The predicted molar refractivity (Wildman–Crippen MR) is 128 cm³/mol. The van der Waals surface area contributed by atoms with Crippen molar-refractivity contribution in [2.45, 2.75) is 13.5 Å². The van der Waals surface area contributed by atoms with Crippen molar-refractivity contribution in [3.8, 4) is 11.1 Å². The minimum Gasteiger partial charge on any atom is -0.333 e. The quantitative estimate of drug-likeness (QED) is 0.329. The van der Waals surface area contributed by atoms with E-state index in [-0.39, 0.29) is 0 Å². The topological polar surface area (TPSA) is 30.7 Å². The highest BCUT2D eigenvalue weighted by Crippen LogP contribution is 2.33. The number of benzene rings is 4. The van der Waals surface area contributed by atoms with E-state index in [1.54, 1.807) is 0 Å². The first-order valence-electron chi connectivity index (χ1n) is 10.6. The van der Waals surface area contributed by atoms with Crippen LogP contribution in [0, 0.1) is 6.92 Å². The van der Waals surface area contributed by atoms with E-state index < -0.39 is 0 Å². The summed E-state index contributed by atoms with van der Waals surface area (Å²) in [4.78, 5) is 9.68. The Balaban J connectivity index is 1.54. The fourth-order valence-electron chi connectivity index (χ4n) is 4.54. The maximum atomic E-state index is 4.86. The van der Waals surface area contributed by atoms with E-state index in [9.17, 15) is 0 Å². The number of hydrogen-bond acceptors (Lipinski definition) is 2. The van der Waals surface area contributed by atoms with E-state index in [0.29, 0.717) is 6.54 Å². The average molecular weight is 399 g/mol. The molecule has 2 heterocycles. The molecular formula is C28H21N3. The van der Waals surface area contributed by atoms with Crippen LogP contribution in [-0.4, -0.2) is 14.5 Å².